The Kier molecular flexibility index (Phi) is 7.06. The van der Waals surface area contributed by atoms with Gasteiger partial charge in [-0.15, -0.1) is 11.8 Å². The van der Waals surface area contributed by atoms with E-state index in [9.17, 15) is 9.90 Å². The molecule has 0 spiro atoms. The van der Waals surface area contributed by atoms with Gasteiger partial charge in [0.25, 0.3) is 0 Å². The molecule has 30 heavy (non-hydrogen) atoms. The lowest BCUT2D eigenvalue weighted by molar-refractivity contribution is 0.0694. The van der Waals surface area contributed by atoms with Crippen molar-refractivity contribution in [3.05, 3.63) is 87.2 Å². The first-order chi connectivity index (χ1) is 14.3. The van der Waals surface area contributed by atoms with E-state index in [4.69, 9.17) is 0 Å². The van der Waals surface area contributed by atoms with Crippen LogP contribution in [0.4, 0.5) is 0 Å². The smallest absolute Gasteiger partial charge is 0.337 e. The lowest BCUT2D eigenvalue weighted by Gasteiger charge is -2.13. The maximum absolute atomic E-state index is 12.0. The molecule has 3 aromatic rings. The second-order valence-corrected chi connectivity index (χ2v) is 8.68. The first-order valence-electron chi connectivity index (χ1n) is 10.1. The first-order valence-corrected chi connectivity index (χ1v) is 11.4. The minimum absolute atomic E-state index is 0.419. The third kappa shape index (κ3) is 4.79. The van der Waals surface area contributed by atoms with E-state index >= 15 is 0 Å². The van der Waals surface area contributed by atoms with E-state index in [0.29, 0.717) is 25.2 Å². The van der Waals surface area contributed by atoms with E-state index < -0.39 is 5.97 Å². The SMILES string of the molecule is CSc1ccc(CNCc2c(C(=O)O)c(C)n(Cc3cc(C)ccc3C)c2C)cc1. The van der Waals surface area contributed by atoms with Crippen molar-refractivity contribution in [1.29, 1.82) is 0 Å². The van der Waals surface area contributed by atoms with Crippen molar-refractivity contribution >= 4 is 17.7 Å². The molecule has 0 amide bonds. The van der Waals surface area contributed by atoms with Crippen LogP contribution in [0.15, 0.2) is 47.4 Å². The molecule has 4 nitrogen and oxygen atoms in total. The number of aromatic carboxylic acids is 1. The number of carbonyl (C=O) groups is 1. The number of aromatic nitrogens is 1. The molecule has 1 aromatic heterocycles. The van der Waals surface area contributed by atoms with Crippen molar-refractivity contribution in [2.24, 2.45) is 0 Å². The van der Waals surface area contributed by atoms with Crippen LogP contribution in [-0.2, 0) is 19.6 Å². The molecule has 0 fully saturated rings. The van der Waals surface area contributed by atoms with Crippen LogP contribution in [0, 0.1) is 27.7 Å². The van der Waals surface area contributed by atoms with Gasteiger partial charge >= 0.3 is 5.97 Å². The summed E-state index contributed by atoms with van der Waals surface area (Å²) in [6, 6.07) is 14.9. The summed E-state index contributed by atoms with van der Waals surface area (Å²) in [5, 5.41) is 13.3. The summed E-state index contributed by atoms with van der Waals surface area (Å²) in [6.45, 7) is 10.0. The molecule has 0 saturated heterocycles. The van der Waals surface area contributed by atoms with Crippen molar-refractivity contribution in [3.63, 3.8) is 0 Å². The molecule has 158 valence electrons. The Labute approximate surface area is 183 Å². The fourth-order valence-corrected chi connectivity index (χ4v) is 4.31. The van der Waals surface area contributed by atoms with Gasteiger partial charge in [0.15, 0.2) is 0 Å². The fourth-order valence-electron chi connectivity index (χ4n) is 3.90. The number of aryl methyl sites for hydroxylation is 2. The number of hydrogen-bond acceptors (Lipinski definition) is 3. The fraction of sp³-hybridized carbons (Fsp3) is 0.320. The molecule has 0 aliphatic heterocycles. The van der Waals surface area contributed by atoms with Crippen LogP contribution in [0.1, 0.15) is 49.6 Å². The Bertz CT molecular complexity index is 1050. The van der Waals surface area contributed by atoms with Gasteiger partial charge in [-0.25, -0.2) is 4.79 Å². The standard InChI is InChI=1S/C25H30N2O2S/c1-16-6-7-17(2)21(12-16)15-27-18(3)23(24(19(27)4)25(28)29)14-26-13-20-8-10-22(30-5)11-9-20/h6-12,26H,13-15H2,1-5H3,(H,28,29). The average molecular weight is 423 g/mol. The van der Waals surface area contributed by atoms with Crippen molar-refractivity contribution in [2.75, 3.05) is 6.26 Å². The Morgan fingerprint density at radius 3 is 2.33 bits per heavy atom. The molecular weight excluding hydrogens is 392 g/mol. The van der Waals surface area contributed by atoms with E-state index in [-0.39, 0.29) is 0 Å². The highest BCUT2D eigenvalue weighted by atomic mass is 32.2. The van der Waals surface area contributed by atoms with E-state index in [1.165, 1.54) is 27.1 Å². The Morgan fingerprint density at radius 2 is 1.70 bits per heavy atom. The molecule has 3 rings (SSSR count). The summed E-state index contributed by atoms with van der Waals surface area (Å²) in [7, 11) is 0. The van der Waals surface area contributed by atoms with Crippen molar-refractivity contribution < 1.29 is 9.90 Å². The van der Waals surface area contributed by atoms with E-state index in [1.54, 1.807) is 11.8 Å². The zero-order valence-corrected chi connectivity index (χ0v) is 19.2. The summed E-state index contributed by atoms with van der Waals surface area (Å²) in [5.41, 5.74) is 7.95. The van der Waals surface area contributed by atoms with Gasteiger partial charge in [0.05, 0.1) is 5.56 Å². The van der Waals surface area contributed by atoms with Crippen LogP contribution >= 0.6 is 11.8 Å². The number of thioether (sulfide) groups is 1. The van der Waals surface area contributed by atoms with Crippen LogP contribution in [-0.4, -0.2) is 21.9 Å². The van der Waals surface area contributed by atoms with Crippen molar-refractivity contribution in [3.8, 4) is 0 Å². The number of carboxylic acid groups (broad SMARTS) is 1. The maximum Gasteiger partial charge on any atom is 0.337 e. The van der Waals surface area contributed by atoms with E-state index in [1.807, 2.05) is 13.8 Å². The maximum atomic E-state index is 12.0. The zero-order chi connectivity index (χ0) is 21.8. The predicted molar refractivity (Wildman–Crippen MR) is 125 cm³/mol. The summed E-state index contributed by atoms with van der Waals surface area (Å²) in [4.78, 5) is 13.3. The Morgan fingerprint density at radius 1 is 1.00 bits per heavy atom. The molecule has 0 bridgehead atoms. The third-order valence-corrected chi connectivity index (χ3v) is 6.49. The third-order valence-electron chi connectivity index (χ3n) is 5.75. The topological polar surface area (TPSA) is 54.3 Å². The number of benzene rings is 2. The molecule has 0 atom stereocenters. The Hall–Kier alpha value is -2.50. The van der Waals surface area contributed by atoms with E-state index in [2.05, 4.69) is 72.5 Å². The minimum atomic E-state index is -0.864. The lowest BCUT2D eigenvalue weighted by Crippen LogP contribution is -2.15. The molecule has 0 radical (unpaired) electrons. The van der Waals surface area contributed by atoms with Gasteiger partial charge in [-0.1, -0.05) is 35.9 Å². The molecule has 0 unspecified atom stereocenters. The molecule has 2 aromatic carbocycles. The monoisotopic (exact) mass is 422 g/mol. The summed E-state index contributed by atoms with van der Waals surface area (Å²) < 4.78 is 2.13. The van der Waals surface area contributed by atoms with Gasteiger partial charge in [0.1, 0.15) is 0 Å². The first kappa shape index (κ1) is 22.2. The number of hydrogen-bond donors (Lipinski definition) is 2. The van der Waals surface area contributed by atoms with Crippen LogP contribution in [0.3, 0.4) is 0 Å². The molecule has 2 N–H and O–H groups in total. The Balaban J connectivity index is 1.83. The van der Waals surface area contributed by atoms with Gasteiger partial charge < -0.3 is 15.0 Å². The van der Waals surface area contributed by atoms with Gasteiger partial charge in [-0.05, 0) is 62.8 Å². The van der Waals surface area contributed by atoms with Gasteiger partial charge in [0.2, 0.25) is 0 Å². The van der Waals surface area contributed by atoms with Crippen molar-refractivity contribution in [1.82, 2.24) is 9.88 Å². The lowest BCUT2D eigenvalue weighted by atomic mass is 10.1. The van der Waals surface area contributed by atoms with Crippen molar-refractivity contribution in [2.45, 2.75) is 52.2 Å². The summed E-state index contributed by atoms with van der Waals surface area (Å²) >= 11 is 1.72. The number of carboxylic acids is 1. The van der Waals surface area contributed by atoms with E-state index in [0.717, 1.165) is 17.0 Å². The van der Waals surface area contributed by atoms with Gasteiger partial charge in [0, 0.05) is 41.5 Å². The number of nitrogens with one attached hydrogen (secondary N) is 1. The molecule has 0 aliphatic rings. The van der Waals surface area contributed by atoms with Gasteiger partial charge in [-0.3, -0.25) is 0 Å². The highest BCUT2D eigenvalue weighted by Gasteiger charge is 2.22. The highest BCUT2D eigenvalue weighted by Crippen LogP contribution is 2.25. The number of rotatable bonds is 8. The van der Waals surface area contributed by atoms with Crippen LogP contribution in [0.25, 0.3) is 0 Å². The van der Waals surface area contributed by atoms with Gasteiger partial charge in [-0.2, -0.15) is 0 Å². The van der Waals surface area contributed by atoms with Crippen LogP contribution < -0.4 is 5.32 Å². The molecular formula is C25H30N2O2S. The minimum Gasteiger partial charge on any atom is -0.478 e. The second kappa shape index (κ2) is 9.54. The molecule has 0 aliphatic carbocycles. The van der Waals surface area contributed by atoms with Crippen LogP contribution in [0.5, 0.6) is 0 Å². The summed E-state index contributed by atoms with van der Waals surface area (Å²) in [5.74, 6) is -0.864. The molecule has 5 heteroatoms. The molecule has 1 heterocycles. The second-order valence-electron chi connectivity index (χ2n) is 7.80. The van der Waals surface area contributed by atoms with Crippen LogP contribution in [0.2, 0.25) is 0 Å². The number of nitrogens with zero attached hydrogens (tertiary/aromatic N) is 1. The zero-order valence-electron chi connectivity index (χ0n) is 18.4. The predicted octanol–water partition coefficient (Wildman–Crippen LogP) is 5.48. The largest absolute Gasteiger partial charge is 0.478 e. The normalized spacial score (nSPS) is 11.1. The quantitative estimate of drug-likeness (QED) is 0.472. The summed E-state index contributed by atoms with van der Waals surface area (Å²) in [6.07, 6.45) is 2.06. The highest BCUT2D eigenvalue weighted by molar-refractivity contribution is 7.98. The average Bonchev–Trinajstić information content (AvgIpc) is 2.95. The molecule has 0 saturated carbocycles.